The monoisotopic (exact) mass is 223 g/mol. The molecule has 0 N–H and O–H groups in total. The number of nitriles is 1. The van der Waals surface area contributed by atoms with Crippen LogP contribution in [0.2, 0.25) is 5.15 Å². The summed E-state index contributed by atoms with van der Waals surface area (Å²) in [5.74, 6) is 0.107. The van der Waals surface area contributed by atoms with E-state index in [4.69, 9.17) is 16.9 Å². The third-order valence-corrected chi connectivity index (χ3v) is 3.28. The zero-order chi connectivity index (χ0) is 11.2. The van der Waals surface area contributed by atoms with Crippen LogP contribution in [0.1, 0.15) is 24.1 Å². The Morgan fingerprint density at radius 1 is 1.60 bits per heavy atom. The van der Waals surface area contributed by atoms with Crippen molar-refractivity contribution >= 4 is 17.4 Å². The first-order valence-electron chi connectivity index (χ1n) is 4.63. The van der Waals surface area contributed by atoms with Crippen molar-refractivity contribution in [3.8, 4) is 6.07 Å². The molecule has 1 fully saturated rings. The second-order valence-corrected chi connectivity index (χ2v) is 4.32. The van der Waals surface area contributed by atoms with Gasteiger partial charge in [-0.2, -0.15) is 10.4 Å². The summed E-state index contributed by atoms with van der Waals surface area (Å²) in [5.41, 5.74) is 0.720. The Kier molecular flexibility index (Phi) is 2.09. The quantitative estimate of drug-likeness (QED) is 0.725. The van der Waals surface area contributed by atoms with Crippen molar-refractivity contribution in [2.24, 2.45) is 7.05 Å². The predicted molar refractivity (Wildman–Crippen MR) is 54.5 cm³/mol. The minimum absolute atomic E-state index is 0.107. The number of aryl methyl sites for hydroxylation is 2. The van der Waals surface area contributed by atoms with Gasteiger partial charge < -0.3 is 0 Å². The maximum absolute atomic E-state index is 11.1. The predicted octanol–water partition coefficient (Wildman–Crippen LogP) is 1.51. The lowest BCUT2D eigenvalue weighted by Crippen LogP contribution is -2.40. The number of hydrogen-bond acceptors (Lipinski definition) is 3. The second kappa shape index (κ2) is 3.07. The average molecular weight is 224 g/mol. The molecule has 0 aromatic carbocycles. The average Bonchev–Trinajstić information content (AvgIpc) is 2.37. The largest absolute Gasteiger partial charge is 0.300 e. The highest BCUT2D eigenvalue weighted by molar-refractivity contribution is 6.30. The zero-order valence-corrected chi connectivity index (χ0v) is 9.30. The van der Waals surface area contributed by atoms with Crippen molar-refractivity contribution in [3.63, 3.8) is 0 Å². The number of ketones is 1. The van der Waals surface area contributed by atoms with Gasteiger partial charge in [0.25, 0.3) is 0 Å². The molecule has 78 valence electrons. The van der Waals surface area contributed by atoms with E-state index in [1.54, 1.807) is 7.05 Å². The number of nitrogens with zero attached hydrogens (tertiary/aromatic N) is 3. The van der Waals surface area contributed by atoms with Crippen LogP contribution in [0.4, 0.5) is 0 Å². The molecule has 0 radical (unpaired) electrons. The Morgan fingerprint density at radius 3 is 2.53 bits per heavy atom. The number of hydrogen-bond donors (Lipinski definition) is 0. The van der Waals surface area contributed by atoms with E-state index in [0.29, 0.717) is 10.7 Å². The maximum atomic E-state index is 11.1. The van der Waals surface area contributed by atoms with Gasteiger partial charge in [0, 0.05) is 25.5 Å². The first-order chi connectivity index (χ1) is 7.00. The van der Waals surface area contributed by atoms with Crippen molar-refractivity contribution in [1.82, 2.24) is 9.78 Å². The standard InChI is InChI=1S/C10H10ClN3O/c1-6-8(9(11)14(2)13-6)10(5-12)3-7(15)4-10/h3-4H2,1-2H3. The Hall–Kier alpha value is -1.34. The van der Waals surface area contributed by atoms with Gasteiger partial charge in [-0.3, -0.25) is 9.48 Å². The molecule has 0 unspecified atom stereocenters. The molecule has 0 spiro atoms. The fourth-order valence-electron chi connectivity index (χ4n) is 2.11. The fourth-order valence-corrected chi connectivity index (χ4v) is 2.46. The number of halogens is 1. The van der Waals surface area contributed by atoms with E-state index >= 15 is 0 Å². The van der Waals surface area contributed by atoms with Crippen molar-refractivity contribution < 1.29 is 4.79 Å². The van der Waals surface area contributed by atoms with Crippen molar-refractivity contribution in [1.29, 1.82) is 5.26 Å². The normalized spacial score (nSPS) is 18.4. The molecule has 0 atom stereocenters. The molecular formula is C10H10ClN3O. The van der Waals surface area contributed by atoms with E-state index in [2.05, 4.69) is 11.2 Å². The number of carbonyl (C=O) groups is 1. The van der Waals surface area contributed by atoms with Gasteiger partial charge in [0.1, 0.15) is 16.4 Å². The molecule has 2 rings (SSSR count). The van der Waals surface area contributed by atoms with Gasteiger partial charge in [0.05, 0.1) is 11.8 Å². The lowest BCUT2D eigenvalue weighted by atomic mass is 9.65. The van der Waals surface area contributed by atoms with E-state index in [9.17, 15) is 4.79 Å². The van der Waals surface area contributed by atoms with E-state index in [-0.39, 0.29) is 18.6 Å². The SMILES string of the molecule is Cc1nn(C)c(Cl)c1C1(C#N)CC(=O)C1. The van der Waals surface area contributed by atoms with Gasteiger partial charge in [-0.15, -0.1) is 0 Å². The molecule has 4 nitrogen and oxygen atoms in total. The lowest BCUT2D eigenvalue weighted by molar-refractivity contribution is -0.126. The summed E-state index contributed by atoms with van der Waals surface area (Å²) < 4.78 is 1.54. The summed E-state index contributed by atoms with van der Waals surface area (Å²) in [7, 11) is 1.73. The van der Waals surface area contributed by atoms with Crippen LogP contribution in [0.3, 0.4) is 0 Å². The topological polar surface area (TPSA) is 58.7 Å². The van der Waals surface area contributed by atoms with E-state index in [0.717, 1.165) is 5.69 Å². The molecule has 0 bridgehead atoms. The number of carbonyl (C=O) groups excluding carboxylic acids is 1. The second-order valence-electron chi connectivity index (χ2n) is 3.96. The molecule has 1 aliphatic rings. The number of aromatic nitrogens is 2. The Morgan fingerprint density at radius 2 is 2.20 bits per heavy atom. The van der Waals surface area contributed by atoms with Crippen LogP contribution in [0.15, 0.2) is 0 Å². The first kappa shape index (κ1) is 10.2. The maximum Gasteiger partial charge on any atom is 0.136 e. The Bertz CT molecular complexity index is 476. The zero-order valence-electron chi connectivity index (χ0n) is 8.54. The van der Waals surface area contributed by atoms with Crippen molar-refractivity contribution in [2.45, 2.75) is 25.2 Å². The van der Waals surface area contributed by atoms with E-state index in [1.807, 2.05) is 6.92 Å². The molecule has 1 aromatic rings. The highest BCUT2D eigenvalue weighted by Crippen LogP contribution is 2.44. The lowest BCUT2D eigenvalue weighted by Gasteiger charge is -2.33. The van der Waals surface area contributed by atoms with Crippen LogP contribution < -0.4 is 0 Å². The highest BCUT2D eigenvalue weighted by Gasteiger charge is 2.48. The third kappa shape index (κ3) is 1.27. The molecule has 5 heteroatoms. The van der Waals surface area contributed by atoms with Crippen LogP contribution >= 0.6 is 11.6 Å². The van der Waals surface area contributed by atoms with Crippen LogP contribution in [0.25, 0.3) is 0 Å². The molecule has 1 aromatic heterocycles. The summed E-state index contributed by atoms with van der Waals surface area (Å²) in [6, 6.07) is 2.20. The summed E-state index contributed by atoms with van der Waals surface area (Å²) >= 11 is 6.08. The van der Waals surface area contributed by atoms with Gasteiger partial charge in [-0.1, -0.05) is 11.6 Å². The minimum atomic E-state index is -0.730. The van der Waals surface area contributed by atoms with Gasteiger partial charge in [0.15, 0.2) is 0 Å². The summed E-state index contributed by atoms with van der Waals surface area (Å²) in [4.78, 5) is 11.1. The first-order valence-corrected chi connectivity index (χ1v) is 5.00. The molecule has 0 amide bonds. The van der Waals surface area contributed by atoms with Gasteiger partial charge in [-0.05, 0) is 6.92 Å². The molecule has 0 saturated heterocycles. The van der Waals surface area contributed by atoms with Crippen LogP contribution in [-0.4, -0.2) is 15.6 Å². The molecule has 15 heavy (non-hydrogen) atoms. The van der Waals surface area contributed by atoms with Gasteiger partial charge in [0.2, 0.25) is 0 Å². The summed E-state index contributed by atoms with van der Waals surface area (Å²) in [5, 5.41) is 13.8. The summed E-state index contributed by atoms with van der Waals surface area (Å²) in [6.45, 7) is 1.81. The van der Waals surface area contributed by atoms with E-state index < -0.39 is 5.41 Å². The molecule has 1 aliphatic carbocycles. The molecule has 1 heterocycles. The van der Waals surface area contributed by atoms with Crippen LogP contribution in [0.5, 0.6) is 0 Å². The minimum Gasteiger partial charge on any atom is -0.300 e. The third-order valence-electron chi connectivity index (χ3n) is 2.84. The Balaban J connectivity index is 2.54. The highest BCUT2D eigenvalue weighted by atomic mass is 35.5. The van der Waals surface area contributed by atoms with Crippen molar-refractivity contribution in [2.75, 3.05) is 0 Å². The molecule has 0 aliphatic heterocycles. The Labute approximate surface area is 92.4 Å². The number of Topliss-reactive ketones (excluding diaryl/α,β-unsaturated/α-hetero) is 1. The summed E-state index contributed by atoms with van der Waals surface area (Å²) in [6.07, 6.45) is 0.519. The molecule has 1 saturated carbocycles. The van der Waals surface area contributed by atoms with E-state index in [1.165, 1.54) is 4.68 Å². The van der Waals surface area contributed by atoms with Crippen LogP contribution in [-0.2, 0) is 17.3 Å². The fraction of sp³-hybridized carbons (Fsp3) is 0.500. The molecular weight excluding hydrogens is 214 g/mol. The van der Waals surface area contributed by atoms with Gasteiger partial charge >= 0.3 is 0 Å². The number of rotatable bonds is 1. The van der Waals surface area contributed by atoms with Gasteiger partial charge in [-0.25, -0.2) is 0 Å². The van der Waals surface area contributed by atoms with Crippen LogP contribution in [0, 0.1) is 18.3 Å². The van der Waals surface area contributed by atoms with Crippen molar-refractivity contribution in [3.05, 3.63) is 16.4 Å². The smallest absolute Gasteiger partial charge is 0.136 e.